The van der Waals surface area contributed by atoms with Crippen molar-refractivity contribution in [1.29, 1.82) is 0 Å². The van der Waals surface area contributed by atoms with Gasteiger partial charge in [-0.15, -0.1) is 0 Å². The highest BCUT2D eigenvalue weighted by Crippen LogP contribution is 2.41. The molecule has 1 aliphatic rings. The van der Waals surface area contributed by atoms with Crippen molar-refractivity contribution >= 4 is 23.2 Å². The summed E-state index contributed by atoms with van der Waals surface area (Å²) >= 11 is 6.27. The van der Waals surface area contributed by atoms with E-state index >= 15 is 0 Å². The molecule has 2 aromatic rings. The summed E-state index contributed by atoms with van der Waals surface area (Å²) < 4.78 is 10.7. The van der Waals surface area contributed by atoms with E-state index in [2.05, 4.69) is 5.32 Å². The van der Waals surface area contributed by atoms with E-state index in [-0.39, 0.29) is 5.91 Å². The first-order valence-corrected chi connectivity index (χ1v) is 9.85. The Balaban J connectivity index is 1.86. The number of rotatable bonds is 6. The number of carbonyl (C=O) groups is 1. The smallest absolute Gasteiger partial charge is 0.235 e. The molecule has 0 bridgehead atoms. The molecule has 0 atom stereocenters. The Hall–Kier alpha value is -2.20. The van der Waals surface area contributed by atoms with Gasteiger partial charge in [-0.3, -0.25) is 4.79 Å². The molecule has 1 saturated carbocycles. The summed E-state index contributed by atoms with van der Waals surface area (Å²) in [6.07, 6.45) is 4.94. The average Bonchev–Trinajstić information content (AvgIpc) is 2.70. The standard InChI is InChI=1S/C22H26ClNO3/c1-3-27-20-12-9-17(15-19(20)23)24-21(25)22(13-5-4-6-14-22)16-7-10-18(26-2)11-8-16/h7-12,15H,3-6,13-14H2,1-2H3,(H,24,25). The summed E-state index contributed by atoms with van der Waals surface area (Å²) in [5.74, 6) is 1.44. The second kappa shape index (κ2) is 8.66. The van der Waals surface area contributed by atoms with Crippen molar-refractivity contribution in [1.82, 2.24) is 0 Å². The SMILES string of the molecule is CCOc1ccc(NC(=O)C2(c3ccc(OC)cc3)CCCCC2)cc1Cl. The van der Waals surface area contributed by atoms with Crippen LogP contribution in [0.2, 0.25) is 5.02 Å². The van der Waals surface area contributed by atoms with Crippen molar-refractivity contribution in [3.63, 3.8) is 0 Å². The van der Waals surface area contributed by atoms with E-state index in [1.165, 1.54) is 6.42 Å². The number of anilines is 1. The molecule has 0 heterocycles. The first-order chi connectivity index (χ1) is 13.1. The van der Waals surface area contributed by atoms with Crippen LogP contribution in [0.1, 0.15) is 44.6 Å². The Morgan fingerprint density at radius 1 is 1.11 bits per heavy atom. The predicted octanol–water partition coefficient (Wildman–Crippen LogP) is 5.59. The summed E-state index contributed by atoms with van der Waals surface area (Å²) in [6, 6.07) is 13.2. The Morgan fingerprint density at radius 3 is 2.41 bits per heavy atom. The average molecular weight is 388 g/mol. The van der Waals surface area contributed by atoms with Gasteiger partial charge in [0.05, 0.1) is 24.2 Å². The molecule has 2 aromatic carbocycles. The van der Waals surface area contributed by atoms with Crippen LogP contribution >= 0.6 is 11.6 Å². The first kappa shape index (κ1) is 19.6. The molecule has 4 nitrogen and oxygen atoms in total. The molecule has 0 spiro atoms. The minimum absolute atomic E-state index is 0.0209. The monoisotopic (exact) mass is 387 g/mol. The lowest BCUT2D eigenvalue weighted by Crippen LogP contribution is -2.42. The van der Waals surface area contributed by atoms with Gasteiger partial charge in [-0.25, -0.2) is 0 Å². The number of hydrogen-bond acceptors (Lipinski definition) is 3. The molecular formula is C22H26ClNO3. The molecule has 0 radical (unpaired) electrons. The number of halogens is 1. The number of hydrogen-bond donors (Lipinski definition) is 1. The Labute approximate surface area is 165 Å². The van der Waals surface area contributed by atoms with E-state index in [0.29, 0.717) is 23.1 Å². The maximum atomic E-state index is 13.3. The second-order valence-corrected chi connectivity index (χ2v) is 7.31. The van der Waals surface area contributed by atoms with E-state index in [1.54, 1.807) is 19.2 Å². The molecule has 1 fully saturated rings. The third-order valence-corrected chi connectivity index (χ3v) is 5.57. The van der Waals surface area contributed by atoms with Crippen molar-refractivity contribution in [2.45, 2.75) is 44.4 Å². The van der Waals surface area contributed by atoms with Crippen LogP contribution in [0.25, 0.3) is 0 Å². The van der Waals surface area contributed by atoms with Crippen molar-refractivity contribution in [2.75, 3.05) is 19.0 Å². The van der Waals surface area contributed by atoms with Gasteiger partial charge in [0.1, 0.15) is 11.5 Å². The van der Waals surface area contributed by atoms with E-state index < -0.39 is 5.41 Å². The van der Waals surface area contributed by atoms with Crippen molar-refractivity contribution < 1.29 is 14.3 Å². The molecular weight excluding hydrogens is 362 g/mol. The predicted molar refractivity (Wildman–Crippen MR) is 109 cm³/mol. The number of nitrogens with one attached hydrogen (secondary N) is 1. The van der Waals surface area contributed by atoms with E-state index in [4.69, 9.17) is 21.1 Å². The van der Waals surface area contributed by atoms with Crippen molar-refractivity contribution in [2.24, 2.45) is 0 Å². The van der Waals surface area contributed by atoms with Crippen LogP contribution in [0.5, 0.6) is 11.5 Å². The molecule has 27 heavy (non-hydrogen) atoms. The Morgan fingerprint density at radius 2 is 1.81 bits per heavy atom. The first-order valence-electron chi connectivity index (χ1n) is 9.47. The molecule has 1 N–H and O–H groups in total. The van der Waals surface area contributed by atoms with Crippen LogP contribution in [-0.4, -0.2) is 19.6 Å². The van der Waals surface area contributed by atoms with Crippen LogP contribution in [0, 0.1) is 0 Å². The summed E-state index contributed by atoms with van der Waals surface area (Å²) in [5, 5.41) is 3.58. The van der Waals surface area contributed by atoms with E-state index in [9.17, 15) is 4.79 Å². The molecule has 0 aromatic heterocycles. The highest BCUT2D eigenvalue weighted by Gasteiger charge is 2.41. The fraction of sp³-hybridized carbons (Fsp3) is 0.409. The Bertz CT molecular complexity index is 783. The number of amides is 1. The zero-order valence-electron chi connectivity index (χ0n) is 15.9. The van der Waals surface area contributed by atoms with E-state index in [1.807, 2.05) is 37.3 Å². The minimum atomic E-state index is -0.518. The molecule has 0 unspecified atom stereocenters. The molecule has 0 aliphatic heterocycles. The topological polar surface area (TPSA) is 47.6 Å². The number of ether oxygens (including phenoxy) is 2. The molecule has 1 aliphatic carbocycles. The molecule has 1 amide bonds. The minimum Gasteiger partial charge on any atom is -0.497 e. The van der Waals surface area contributed by atoms with Crippen LogP contribution in [0.3, 0.4) is 0 Å². The molecule has 0 saturated heterocycles. The van der Waals surface area contributed by atoms with Gasteiger partial charge in [-0.05, 0) is 55.7 Å². The molecule has 3 rings (SSSR count). The van der Waals surface area contributed by atoms with Gasteiger partial charge in [0, 0.05) is 5.69 Å². The largest absolute Gasteiger partial charge is 0.497 e. The van der Waals surface area contributed by atoms with Crippen LogP contribution in [0.15, 0.2) is 42.5 Å². The number of methoxy groups -OCH3 is 1. The zero-order chi connectivity index (χ0) is 19.3. The summed E-state index contributed by atoms with van der Waals surface area (Å²) in [4.78, 5) is 13.3. The Kier molecular flexibility index (Phi) is 6.27. The number of benzene rings is 2. The lowest BCUT2D eigenvalue weighted by atomic mass is 9.68. The highest BCUT2D eigenvalue weighted by atomic mass is 35.5. The molecule has 5 heteroatoms. The maximum Gasteiger partial charge on any atom is 0.235 e. The van der Waals surface area contributed by atoms with Crippen molar-refractivity contribution in [3.8, 4) is 11.5 Å². The second-order valence-electron chi connectivity index (χ2n) is 6.90. The van der Waals surface area contributed by atoms with Gasteiger partial charge in [-0.2, -0.15) is 0 Å². The van der Waals surface area contributed by atoms with E-state index in [0.717, 1.165) is 37.0 Å². The van der Waals surface area contributed by atoms with Gasteiger partial charge in [0.25, 0.3) is 0 Å². The lowest BCUT2D eigenvalue weighted by Gasteiger charge is -2.36. The van der Waals surface area contributed by atoms with Crippen LogP contribution in [-0.2, 0) is 10.2 Å². The van der Waals surface area contributed by atoms with Crippen LogP contribution in [0.4, 0.5) is 5.69 Å². The summed E-state index contributed by atoms with van der Waals surface area (Å²) in [5.41, 5.74) is 1.21. The zero-order valence-corrected chi connectivity index (χ0v) is 16.6. The van der Waals surface area contributed by atoms with Gasteiger partial charge < -0.3 is 14.8 Å². The fourth-order valence-corrected chi connectivity index (χ4v) is 4.05. The van der Waals surface area contributed by atoms with Gasteiger partial charge in [0.15, 0.2) is 0 Å². The highest BCUT2D eigenvalue weighted by molar-refractivity contribution is 6.32. The third-order valence-electron chi connectivity index (χ3n) is 5.27. The third kappa shape index (κ3) is 4.22. The number of carbonyl (C=O) groups excluding carboxylic acids is 1. The summed E-state index contributed by atoms with van der Waals surface area (Å²) in [6.45, 7) is 2.46. The molecule has 144 valence electrons. The quantitative estimate of drug-likeness (QED) is 0.702. The maximum absolute atomic E-state index is 13.3. The van der Waals surface area contributed by atoms with Gasteiger partial charge in [0.2, 0.25) is 5.91 Å². The lowest BCUT2D eigenvalue weighted by molar-refractivity contribution is -0.122. The van der Waals surface area contributed by atoms with Gasteiger partial charge >= 0.3 is 0 Å². The summed E-state index contributed by atoms with van der Waals surface area (Å²) in [7, 11) is 1.65. The fourth-order valence-electron chi connectivity index (χ4n) is 3.81. The van der Waals surface area contributed by atoms with Crippen molar-refractivity contribution in [3.05, 3.63) is 53.1 Å². The van der Waals surface area contributed by atoms with Crippen LogP contribution < -0.4 is 14.8 Å². The van der Waals surface area contributed by atoms with Gasteiger partial charge in [-0.1, -0.05) is 43.0 Å². The normalized spacial score (nSPS) is 15.8.